The van der Waals surface area contributed by atoms with E-state index in [9.17, 15) is 0 Å². The molecule has 0 aromatic heterocycles. The van der Waals surface area contributed by atoms with Crippen molar-refractivity contribution in [2.75, 3.05) is 33.2 Å². The van der Waals surface area contributed by atoms with Gasteiger partial charge >= 0.3 is 0 Å². The Balaban J connectivity index is 3.12. The van der Waals surface area contributed by atoms with E-state index in [1.54, 1.807) is 0 Å². The van der Waals surface area contributed by atoms with Crippen molar-refractivity contribution in [3.8, 4) is 0 Å². The largest absolute Gasteiger partial charge is 0.317 e. The van der Waals surface area contributed by atoms with Crippen LogP contribution in [0.1, 0.15) is 52.9 Å². The maximum atomic E-state index is 3.37. The van der Waals surface area contributed by atoms with E-state index >= 15 is 0 Å². The zero-order chi connectivity index (χ0) is 12.2. The van der Waals surface area contributed by atoms with Crippen LogP contribution >= 0.6 is 0 Å². The molecule has 0 amide bonds. The first kappa shape index (κ1) is 15.9. The first-order valence-corrected chi connectivity index (χ1v) is 7.06. The fraction of sp³-hybridized carbons (Fsp3) is 1.00. The maximum Gasteiger partial charge on any atom is -0.00194 e. The zero-order valence-electron chi connectivity index (χ0n) is 11.9. The molecule has 0 spiro atoms. The van der Waals surface area contributed by atoms with Gasteiger partial charge in [-0.2, -0.15) is 0 Å². The molecule has 0 heterocycles. The topological polar surface area (TPSA) is 15.3 Å². The van der Waals surface area contributed by atoms with Gasteiger partial charge in [0.25, 0.3) is 0 Å². The molecule has 0 aromatic carbocycles. The van der Waals surface area contributed by atoms with Gasteiger partial charge in [0, 0.05) is 0 Å². The Morgan fingerprint density at radius 1 is 1.00 bits per heavy atom. The van der Waals surface area contributed by atoms with Crippen molar-refractivity contribution in [1.29, 1.82) is 0 Å². The standard InChI is InChI=1S/C14H32N2/c1-5-15-11-8-6-7-9-12-16(4)13-10-14(2)3/h14-15H,5-13H2,1-4H3. The lowest BCUT2D eigenvalue weighted by molar-refractivity contribution is 0.302. The molecule has 0 aromatic rings. The van der Waals surface area contributed by atoms with Crippen LogP contribution in [0.3, 0.4) is 0 Å². The summed E-state index contributed by atoms with van der Waals surface area (Å²) >= 11 is 0. The lowest BCUT2D eigenvalue weighted by Gasteiger charge is -2.17. The van der Waals surface area contributed by atoms with Crippen molar-refractivity contribution in [2.45, 2.75) is 52.9 Å². The van der Waals surface area contributed by atoms with Gasteiger partial charge in [-0.05, 0) is 58.4 Å². The number of nitrogens with zero attached hydrogens (tertiary/aromatic N) is 1. The maximum absolute atomic E-state index is 3.37. The van der Waals surface area contributed by atoms with Crippen LogP contribution in [0.25, 0.3) is 0 Å². The molecular formula is C14H32N2. The van der Waals surface area contributed by atoms with Crippen molar-refractivity contribution in [3.63, 3.8) is 0 Å². The Kier molecular flexibility index (Phi) is 11.3. The van der Waals surface area contributed by atoms with Gasteiger partial charge < -0.3 is 10.2 Å². The number of nitrogens with one attached hydrogen (secondary N) is 1. The van der Waals surface area contributed by atoms with E-state index in [4.69, 9.17) is 0 Å². The molecule has 98 valence electrons. The third kappa shape index (κ3) is 12.0. The molecular weight excluding hydrogens is 196 g/mol. The molecule has 0 saturated carbocycles. The van der Waals surface area contributed by atoms with Gasteiger partial charge in [-0.1, -0.05) is 33.6 Å². The summed E-state index contributed by atoms with van der Waals surface area (Å²) in [6, 6.07) is 0. The normalized spacial score (nSPS) is 11.6. The Bertz CT molecular complexity index is 135. The van der Waals surface area contributed by atoms with Crippen molar-refractivity contribution >= 4 is 0 Å². The minimum Gasteiger partial charge on any atom is -0.317 e. The fourth-order valence-electron chi connectivity index (χ4n) is 1.75. The highest BCUT2D eigenvalue weighted by molar-refractivity contribution is 4.55. The van der Waals surface area contributed by atoms with Gasteiger partial charge in [0.05, 0.1) is 0 Å². The summed E-state index contributed by atoms with van der Waals surface area (Å²) in [7, 11) is 2.25. The van der Waals surface area contributed by atoms with Gasteiger partial charge in [0.2, 0.25) is 0 Å². The highest BCUT2D eigenvalue weighted by Gasteiger charge is 2.00. The SMILES string of the molecule is CCNCCCCCCN(C)CCC(C)C. The predicted molar refractivity (Wildman–Crippen MR) is 74.0 cm³/mol. The second kappa shape index (κ2) is 11.4. The Labute approximate surface area is 103 Å². The van der Waals surface area contributed by atoms with Gasteiger partial charge in [-0.15, -0.1) is 0 Å². The van der Waals surface area contributed by atoms with Gasteiger partial charge in [-0.25, -0.2) is 0 Å². The second-order valence-electron chi connectivity index (χ2n) is 5.25. The molecule has 0 unspecified atom stereocenters. The molecule has 0 aliphatic carbocycles. The van der Waals surface area contributed by atoms with Gasteiger partial charge in [0.1, 0.15) is 0 Å². The lowest BCUT2D eigenvalue weighted by atomic mass is 10.1. The molecule has 0 radical (unpaired) electrons. The van der Waals surface area contributed by atoms with Gasteiger partial charge in [-0.3, -0.25) is 0 Å². The molecule has 0 atom stereocenters. The van der Waals surface area contributed by atoms with E-state index in [0.717, 1.165) is 12.5 Å². The van der Waals surface area contributed by atoms with Crippen LogP contribution in [0.4, 0.5) is 0 Å². The summed E-state index contributed by atoms with van der Waals surface area (Å²) in [5, 5.41) is 3.37. The van der Waals surface area contributed by atoms with Gasteiger partial charge in [0.15, 0.2) is 0 Å². The van der Waals surface area contributed by atoms with Crippen LogP contribution in [0.15, 0.2) is 0 Å². The van der Waals surface area contributed by atoms with Crippen LogP contribution in [0.2, 0.25) is 0 Å². The molecule has 0 aliphatic heterocycles. The lowest BCUT2D eigenvalue weighted by Crippen LogP contribution is -2.22. The third-order valence-corrected chi connectivity index (χ3v) is 2.98. The highest BCUT2D eigenvalue weighted by atomic mass is 15.1. The molecule has 0 bridgehead atoms. The average molecular weight is 228 g/mol. The number of hydrogen-bond acceptors (Lipinski definition) is 2. The number of unbranched alkanes of at least 4 members (excludes halogenated alkanes) is 3. The zero-order valence-corrected chi connectivity index (χ0v) is 11.9. The van der Waals surface area contributed by atoms with E-state index in [1.807, 2.05) is 0 Å². The van der Waals surface area contributed by atoms with Crippen molar-refractivity contribution < 1.29 is 0 Å². The van der Waals surface area contributed by atoms with Crippen LogP contribution in [-0.4, -0.2) is 38.1 Å². The van der Waals surface area contributed by atoms with Crippen LogP contribution in [0, 0.1) is 5.92 Å². The van der Waals surface area contributed by atoms with Crippen molar-refractivity contribution in [2.24, 2.45) is 5.92 Å². The van der Waals surface area contributed by atoms with Crippen LogP contribution in [-0.2, 0) is 0 Å². The predicted octanol–water partition coefficient (Wildman–Crippen LogP) is 3.13. The van der Waals surface area contributed by atoms with E-state index < -0.39 is 0 Å². The number of hydrogen-bond donors (Lipinski definition) is 1. The quantitative estimate of drug-likeness (QED) is 0.547. The molecule has 0 rings (SSSR count). The fourth-order valence-corrected chi connectivity index (χ4v) is 1.75. The summed E-state index contributed by atoms with van der Waals surface area (Å²) in [4.78, 5) is 2.48. The molecule has 2 heteroatoms. The molecule has 16 heavy (non-hydrogen) atoms. The highest BCUT2D eigenvalue weighted by Crippen LogP contribution is 2.03. The van der Waals surface area contributed by atoms with Crippen LogP contribution in [0.5, 0.6) is 0 Å². The Morgan fingerprint density at radius 2 is 1.69 bits per heavy atom. The molecule has 0 saturated heterocycles. The number of rotatable bonds is 11. The minimum absolute atomic E-state index is 0.836. The Hall–Kier alpha value is -0.0800. The first-order chi connectivity index (χ1) is 7.66. The van der Waals surface area contributed by atoms with E-state index in [0.29, 0.717) is 0 Å². The summed E-state index contributed by atoms with van der Waals surface area (Å²) in [6.45, 7) is 11.6. The van der Waals surface area contributed by atoms with E-state index in [1.165, 1.54) is 51.7 Å². The summed E-state index contributed by atoms with van der Waals surface area (Å²) in [5.74, 6) is 0.836. The van der Waals surface area contributed by atoms with Crippen molar-refractivity contribution in [3.05, 3.63) is 0 Å². The summed E-state index contributed by atoms with van der Waals surface area (Å²) in [5.41, 5.74) is 0. The minimum atomic E-state index is 0.836. The second-order valence-corrected chi connectivity index (χ2v) is 5.25. The Morgan fingerprint density at radius 3 is 2.31 bits per heavy atom. The first-order valence-electron chi connectivity index (χ1n) is 7.06. The monoisotopic (exact) mass is 228 g/mol. The third-order valence-electron chi connectivity index (χ3n) is 2.98. The molecule has 0 aliphatic rings. The van der Waals surface area contributed by atoms with Crippen LogP contribution < -0.4 is 5.32 Å². The van der Waals surface area contributed by atoms with Crippen molar-refractivity contribution in [1.82, 2.24) is 10.2 Å². The summed E-state index contributed by atoms with van der Waals surface area (Å²) in [6.07, 6.45) is 6.80. The smallest absolute Gasteiger partial charge is 0.00194 e. The summed E-state index contributed by atoms with van der Waals surface area (Å²) < 4.78 is 0. The van der Waals surface area contributed by atoms with E-state index in [-0.39, 0.29) is 0 Å². The molecule has 1 N–H and O–H groups in total. The van der Waals surface area contributed by atoms with E-state index in [2.05, 4.69) is 38.0 Å². The average Bonchev–Trinajstić information content (AvgIpc) is 2.25. The molecule has 2 nitrogen and oxygen atoms in total. The molecule has 0 fully saturated rings.